The summed E-state index contributed by atoms with van der Waals surface area (Å²) in [5.41, 5.74) is 2.41. The largest absolute Gasteiger partial charge is 0.496 e. The van der Waals surface area contributed by atoms with Gasteiger partial charge in [0, 0.05) is 37.7 Å². The molecule has 2 aliphatic rings. The van der Waals surface area contributed by atoms with Gasteiger partial charge in [-0.25, -0.2) is 0 Å². The van der Waals surface area contributed by atoms with E-state index in [2.05, 4.69) is 17.9 Å². The molecule has 1 fully saturated rings. The van der Waals surface area contributed by atoms with Crippen LogP contribution in [0, 0.1) is 6.92 Å². The number of hydrogen-bond donors (Lipinski definition) is 1. The van der Waals surface area contributed by atoms with Crippen LogP contribution in [-0.4, -0.2) is 43.4 Å². The Bertz CT molecular complexity index is 822. The van der Waals surface area contributed by atoms with Crippen molar-refractivity contribution in [2.45, 2.75) is 31.9 Å². The van der Waals surface area contributed by atoms with E-state index >= 15 is 0 Å². The van der Waals surface area contributed by atoms with Crippen molar-refractivity contribution < 1.29 is 19.3 Å². The summed E-state index contributed by atoms with van der Waals surface area (Å²) in [6.45, 7) is 5.52. The highest BCUT2D eigenvalue weighted by atomic mass is 16.5. The lowest BCUT2D eigenvalue weighted by Gasteiger charge is -2.26. The average molecular weight is 369 g/mol. The Hall–Kier alpha value is -2.24. The molecule has 0 aliphatic carbocycles. The minimum Gasteiger partial charge on any atom is -0.496 e. The molecule has 0 aromatic heterocycles. The second-order valence-electron chi connectivity index (χ2n) is 7.47. The molecule has 1 atom stereocenters. The van der Waals surface area contributed by atoms with Gasteiger partial charge in [0.05, 0.1) is 20.3 Å². The van der Waals surface area contributed by atoms with E-state index in [9.17, 15) is 5.11 Å². The Kier molecular flexibility index (Phi) is 4.98. The maximum Gasteiger partial charge on any atom is 0.164 e. The van der Waals surface area contributed by atoms with Gasteiger partial charge in [-0.3, -0.25) is 4.90 Å². The maximum absolute atomic E-state index is 11.2. The molecule has 5 heteroatoms. The number of aliphatic hydroxyl groups is 1. The number of rotatable bonds is 4. The number of benzene rings is 2. The summed E-state index contributed by atoms with van der Waals surface area (Å²) >= 11 is 0. The van der Waals surface area contributed by atoms with Gasteiger partial charge in [-0.15, -0.1) is 0 Å². The van der Waals surface area contributed by atoms with Crippen molar-refractivity contribution >= 4 is 0 Å². The third-order valence-corrected chi connectivity index (χ3v) is 5.52. The summed E-state index contributed by atoms with van der Waals surface area (Å²) < 4.78 is 17.2. The summed E-state index contributed by atoms with van der Waals surface area (Å²) in [5, 5.41) is 11.2. The molecule has 4 rings (SSSR count). The minimum absolute atomic E-state index is 0.607. The van der Waals surface area contributed by atoms with Crippen LogP contribution >= 0.6 is 0 Å². The predicted molar refractivity (Wildman–Crippen MR) is 104 cm³/mol. The van der Waals surface area contributed by atoms with Gasteiger partial charge in [-0.05, 0) is 30.5 Å². The lowest BCUT2D eigenvalue weighted by Crippen LogP contribution is -2.31. The Morgan fingerprint density at radius 3 is 2.63 bits per heavy atom. The summed E-state index contributed by atoms with van der Waals surface area (Å²) in [5.74, 6) is 2.31. The highest BCUT2D eigenvalue weighted by molar-refractivity contribution is 5.51. The van der Waals surface area contributed by atoms with Gasteiger partial charge in [-0.1, -0.05) is 24.3 Å². The molecule has 2 aliphatic heterocycles. The second-order valence-corrected chi connectivity index (χ2v) is 7.47. The summed E-state index contributed by atoms with van der Waals surface area (Å²) in [7, 11) is 1.68. The molecular weight excluding hydrogens is 342 g/mol. The van der Waals surface area contributed by atoms with Gasteiger partial charge >= 0.3 is 0 Å². The summed E-state index contributed by atoms with van der Waals surface area (Å²) in [4.78, 5) is 2.27. The first-order chi connectivity index (χ1) is 13.1. The topological polar surface area (TPSA) is 51.2 Å². The predicted octanol–water partition coefficient (Wildman–Crippen LogP) is 3.26. The molecule has 5 nitrogen and oxygen atoms in total. The molecule has 0 saturated carbocycles. The Balaban J connectivity index is 1.55. The first-order valence-corrected chi connectivity index (χ1v) is 9.56. The van der Waals surface area contributed by atoms with Crippen LogP contribution in [-0.2, 0) is 12.1 Å². The zero-order valence-corrected chi connectivity index (χ0v) is 16.0. The molecular formula is C22H27NO4. The van der Waals surface area contributed by atoms with Crippen LogP contribution in [0.15, 0.2) is 36.4 Å². The number of nitrogens with zero attached hydrogens (tertiary/aromatic N) is 1. The van der Waals surface area contributed by atoms with Crippen molar-refractivity contribution in [3.05, 3.63) is 53.1 Å². The first kappa shape index (κ1) is 18.1. The Morgan fingerprint density at radius 1 is 1.15 bits per heavy atom. The molecule has 0 bridgehead atoms. The second kappa shape index (κ2) is 7.41. The van der Waals surface area contributed by atoms with Crippen LogP contribution in [0.25, 0.3) is 0 Å². The van der Waals surface area contributed by atoms with Crippen molar-refractivity contribution in [3.63, 3.8) is 0 Å². The number of ether oxygens (including phenoxy) is 3. The Morgan fingerprint density at radius 2 is 1.89 bits per heavy atom. The fourth-order valence-corrected chi connectivity index (χ4v) is 4.11. The lowest BCUT2D eigenvalue weighted by atomic mass is 9.89. The van der Waals surface area contributed by atoms with Gasteiger partial charge in [0.25, 0.3) is 0 Å². The zero-order chi connectivity index (χ0) is 18.9. The fourth-order valence-electron chi connectivity index (χ4n) is 4.11. The van der Waals surface area contributed by atoms with Crippen LogP contribution in [0.2, 0.25) is 0 Å². The molecule has 0 unspecified atom stereocenters. The van der Waals surface area contributed by atoms with E-state index in [1.807, 2.05) is 30.3 Å². The number of fused-ring (bicyclic) bond motifs is 1. The zero-order valence-electron chi connectivity index (χ0n) is 16.0. The normalized spacial score (nSPS) is 22.5. The number of hydrogen-bond acceptors (Lipinski definition) is 5. The van der Waals surface area contributed by atoms with Gasteiger partial charge in [0.2, 0.25) is 0 Å². The lowest BCUT2D eigenvalue weighted by molar-refractivity contribution is 0.0446. The maximum atomic E-state index is 11.2. The van der Waals surface area contributed by atoms with E-state index in [0.29, 0.717) is 26.3 Å². The van der Waals surface area contributed by atoms with Crippen molar-refractivity contribution in [1.82, 2.24) is 4.90 Å². The third-order valence-electron chi connectivity index (χ3n) is 5.52. The Labute approximate surface area is 160 Å². The standard InChI is InChI=1S/C22H27NO4/c1-16-6-3-4-7-18(16)22(24)8-9-23(15-22)14-17-12-20-21(13-19(17)25-2)27-11-5-10-26-20/h3-4,6-7,12-13,24H,5,8-11,14-15H2,1-2H3/t22-/m1/s1. The van der Waals surface area contributed by atoms with Crippen molar-refractivity contribution in [2.75, 3.05) is 33.4 Å². The molecule has 1 saturated heterocycles. The SMILES string of the molecule is COc1cc2c(cc1CN1CC[C@](O)(c3ccccc3C)C1)OCCCO2. The van der Waals surface area contributed by atoms with Crippen LogP contribution < -0.4 is 14.2 Å². The van der Waals surface area contributed by atoms with E-state index in [1.54, 1.807) is 7.11 Å². The summed E-state index contributed by atoms with van der Waals surface area (Å²) in [6, 6.07) is 12.0. The molecule has 2 aromatic carbocycles. The van der Waals surface area contributed by atoms with Crippen LogP contribution in [0.1, 0.15) is 29.5 Å². The highest BCUT2D eigenvalue weighted by Gasteiger charge is 2.38. The van der Waals surface area contributed by atoms with Crippen molar-refractivity contribution in [3.8, 4) is 17.2 Å². The molecule has 2 aromatic rings. The molecule has 1 N–H and O–H groups in total. The molecule has 0 radical (unpaired) electrons. The van der Waals surface area contributed by atoms with Crippen molar-refractivity contribution in [2.24, 2.45) is 0 Å². The first-order valence-electron chi connectivity index (χ1n) is 9.56. The minimum atomic E-state index is -0.802. The number of methoxy groups -OCH3 is 1. The van der Waals surface area contributed by atoms with E-state index in [0.717, 1.165) is 53.3 Å². The number of aryl methyl sites for hydroxylation is 1. The molecule has 0 amide bonds. The number of likely N-dealkylation sites (tertiary alicyclic amines) is 1. The molecule has 27 heavy (non-hydrogen) atoms. The molecule has 2 heterocycles. The van der Waals surface area contributed by atoms with Crippen LogP contribution in [0.3, 0.4) is 0 Å². The molecule has 144 valence electrons. The highest BCUT2D eigenvalue weighted by Crippen LogP contribution is 2.39. The van der Waals surface area contributed by atoms with E-state index < -0.39 is 5.60 Å². The van der Waals surface area contributed by atoms with Gasteiger partial charge in [-0.2, -0.15) is 0 Å². The van der Waals surface area contributed by atoms with E-state index in [1.165, 1.54) is 0 Å². The van der Waals surface area contributed by atoms with E-state index in [-0.39, 0.29) is 0 Å². The average Bonchev–Trinajstić information content (AvgIpc) is 2.89. The van der Waals surface area contributed by atoms with Crippen LogP contribution in [0.5, 0.6) is 17.2 Å². The quantitative estimate of drug-likeness (QED) is 0.897. The van der Waals surface area contributed by atoms with Crippen LogP contribution in [0.4, 0.5) is 0 Å². The van der Waals surface area contributed by atoms with Gasteiger partial charge < -0.3 is 19.3 Å². The van der Waals surface area contributed by atoms with E-state index in [4.69, 9.17) is 14.2 Å². The summed E-state index contributed by atoms with van der Waals surface area (Å²) in [6.07, 6.45) is 1.60. The fraction of sp³-hybridized carbons (Fsp3) is 0.455. The monoisotopic (exact) mass is 369 g/mol. The van der Waals surface area contributed by atoms with Gasteiger partial charge in [0.1, 0.15) is 11.4 Å². The van der Waals surface area contributed by atoms with Gasteiger partial charge in [0.15, 0.2) is 11.5 Å². The van der Waals surface area contributed by atoms with Crippen molar-refractivity contribution in [1.29, 1.82) is 0 Å². The number of β-amino-alcohol motifs (C(OH)–C–C–N with tert-alkyl or cyclic N) is 1. The molecule has 0 spiro atoms. The third kappa shape index (κ3) is 3.62. The smallest absolute Gasteiger partial charge is 0.164 e.